The number of likely N-dealkylation sites (N-methyl/N-ethyl adjacent to an activating group) is 1. The number of aliphatic imine (C=N–C) groups is 1. The van der Waals surface area contributed by atoms with E-state index in [2.05, 4.69) is 59.6 Å². The van der Waals surface area contributed by atoms with Gasteiger partial charge in [-0.2, -0.15) is 0 Å². The fourth-order valence-electron chi connectivity index (χ4n) is 8.25. The first-order valence-electron chi connectivity index (χ1n) is 18.5. The van der Waals surface area contributed by atoms with Gasteiger partial charge in [0.05, 0.1) is 12.6 Å². The number of hydrogen-bond acceptors (Lipinski definition) is 9. The summed E-state index contributed by atoms with van der Waals surface area (Å²) in [7, 11) is 1.59. The molecule has 0 saturated carbocycles. The number of hydrogen-bond donors (Lipinski definition) is 4. The van der Waals surface area contributed by atoms with Crippen molar-refractivity contribution < 1.29 is 23.9 Å². The molecule has 6 N–H and O–H groups in total. The maximum absolute atomic E-state index is 14.7. The lowest BCUT2D eigenvalue weighted by atomic mass is 9.70. The highest BCUT2D eigenvalue weighted by atomic mass is 16.7. The Bertz CT molecular complexity index is 1850. The molecule has 1 fully saturated rings. The van der Waals surface area contributed by atoms with Crippen LogP contribution in [-0.2, 0) is 20.7 Å². The van der Waals surface area contributed by atoms with Gasteiger partial charge in [-0.25, -0.2) is 9.78 Å². The predicted octanol–water partition coefficient (Wildman–Crippen LogP) is 5.18. The number of anilines is 1. The van der Waals surface area contributed by atoms with Gasteiger partial charge in [-0.3, -0.25) is 14.6 Å². The van der Waals surface area contributed by atoms with Gasteiger partial charge in [0.25, 0.3) is 5.60 Å². The highest BCUT2D eigenvalue weighted by Crippen LogP contribution is 2.59. The molecule has 52 heavy (non-hydrogen) atoms. The zero-order valence-electron chi connectivity index (χ0n) is 30.9. The molecule has 6 unspecified atom stereocenters. The standard InChI is InChI=1S/C41H52N6O5/c1-6-45-32-21-27-11-8-7-10-26(27)20-30(32)23-51-38(50)41-37(49)35-29(18-24(2)3)12-9-13-31(35)36(48)40(41,52-41)16-14-25(4)19-33(47-39(43)44-5)28-15-17-46-34(42)22-28/h8-9,11-15,17,21-22,24,26,30,32-33,45H,6-7,10,16,18-20,23H2,1-5H3,(H2,42,46)(H3,43,44,47). The number of rotatable bonds is 13. The number of nitrogens with one attached hydrogen (secondary N) is 2. The van der Waals surface area contributed by atoms with Gasteiger partial charge in [-0.1, -0.05) is 68.8 Å². The molecule has 3 aliphatic carbocycles. The number of pyridine rings is 1. The van der Waals surface area contributed by atoms with Crippen LogP contribution in [0.25, 0.3) is 0 Å². The maximum Gasteiger partial charge on any atom is 0.350 e. The minimum Gasteiger partial charge on any atom is -0.463 e. The summed E-state index contributed by atoms with van der Waals surface area (Å²) in [6.07, 6.45) is 14.2. The molecule has 0 radical (unpaired) electrons. The Morgan fingerprint density at radius 1 is 1.23 bits per heavy atom. The average Bonchev–Trinajstić information content (AvgIpc) is 3.84. The molecule has 11 nitrogen and oxygen atoms in total. The molecular formula is C41H52N6O5. The lowest BCUT2D eigenvalue weighted by molar-refractivity contribution is -0.150. The van der Waals surface area contributed by atoms with Crippen LogP contribution in [0.5, 0.6) is 0 Å². The number of epoxide rings is 1. The number of carbonyl (C=O) groups is 3. The van der Waals surface area contributed by atoms with E-state index in [0.29, 0.717) is 24.6 Å². The molecule has 276 valence electrons. The third-order valence-corrected chi connectivity index (χ3v) is 10.9. The zero-order chi connectivity index (χ0) is 37.2. The van der Waals surface area contributed by atoms with Gasteiger partial charge in [-0.05, 0) is 86.2 Å². The number of nitrogens with zero attached hydrogens (tertiary/aromatic N) is 2. The van der Waals surface area contributed by atoms with E-state index in [1.165, 1.54) is 5.57 Å². The minimum atomic E-state index is -2.06. The number of esters is 1. The quantitative estimate of drug-likeness (QED) is 0.0542. The first kappa shape index (κ1) is 37.2. The Balaban J connectivity index is 1.31. The molecule has 0 spiro atoms. The number of carbonyl (C=O) groups excluding carboxylic acids is 3. The van der Waals surface area contributed by atoms with Crippen molar-refractivity contribution in [2.24, 2.45) is 28.5 Å². The molecule has 1 saturated heterocycles. The van der Waals surface area contributed by atoms with E-state index in [4.69, 9.17) is 20.9 Å². The van der Waals surface area contributed by atoms with Crippen LogP contribution in [0.2, 0.25) is 0 Å². The molecule has 11 heteroatoms. The van der Waals surface area contributed by atoms with E-state index in [9.17, 15) is 14.4 Å². The van der Waals surface area contributed by atoms with Crippen molar-refractivity contribution in [3.8, 4) is 0 Å². The van der Waals surface area contributed by atoms with E-state index in [1.54, 1.807) is 31.4 Å². The molecule has 1 aromatic heterocycles. The van der Waals surface area contributed by atoms with Gasteiger partial charge in [0.1, 0.15) is 5.82 Å². The Labute approximate surface area is 306 Å². The lowest BCUT2D eigenvalue weighted by Gasteiger charge is -2.36. The first-order chi connectivity index (χ1) is 24.9. The van der Waals surface area contributed by atoms with Gasteiger partial charge in [0.2, 0.25) is 5.78 Å². The molecular weight excluding hydrogens is 656 g/mol. The molecule has 1 aromatic carbocycles. The summed E-state index contributed by atoms with van der Waals surface area (Å²) in [5.41, 5.74) is 12.6. The fraction of sp³-hybridized carbons (Fsp3) is 0.488. The Morgan fingerprint density at radius 3 is 2.77 bits per heavy atom. The number of ether oxygens (including phenoxy) is 2. The smallest absolute Gasteiger partial charge is 0.350 e. The van der Waals surface area contributed by atoms with Crippen molar-refractivity contribution in [3.63, 3.8) is 0 Å². The molecule has 6 rings (SSSR count). The summed E-state index contributed by atoms with van der Waals surface area (Å²) in [5.74, 6) is -0.422. The third kappa shape index (κ3) is 6.96. The number of nitrogen functional groups attached to an aromatic ring is 1. The van der Waals surface area contributed by atoms with Crippen LogP contribution in [0.1, 0.15) is 97.7 Å². The SMILES string of the molecule is CCNC1C=C2C=CCCC2CC1COC(=O)C12OC1(CC=C(C)CC(NC(N)=NC)c1ccnc(N)c1)C(=O)c1cccc(CC(C)C)c1C2=O. The normalized spacial score (nSPS) is 27.3. The number of Topliss-reactive ketones (excluding diaryl/α,β-unsaturated/α-hetero) is 2. The maximum atomic E-state index is 14.7. The summed E-state index contributed by atoms with van der Waals surface area (Å²) in [6.45, 7) is 8.97. The van der Waals surface area contributed by atoms with Crippen molar-refractivity contribution in [1.82, 2.24) is 15.6 Å². The van der Waals surface area contributed by atoms with Crippen molar-refractivity contribution in [2.45, 2.75) is 89.5 Å². The van der Waals surface area contributed by atoms with Crippen molar-refractivity contribution in [2.75, 3.05) is 25.9 Å². The van der Waals surface area contributed by atoms with Crippen LogP contribution in [0, 0.1) is 17.8 Å². The molecule has 2 aromatic rings. The topological polar surface area (TPSA) is 174 Å². The molecule has 0 amide bonds. The number of benzene rings is 1. The second-order valence-electron chi connectivity index (χ2n) is 15.0. The molecule has 6 atom stereocenters. The van der Waals surface area contributed by atoms with Gasteiger partial charge in [0.15, 0.2) is 17.3 Å². The lowest BCUT2D eigenvalue weighted by Crippen LogP contribution is -2.51. The van der Waals surface area contributed by atoms with Gasteiger partial charge >= 0.3 is 5.97 Å². The summed E-state index contributed by atoms with van der Waals surface area (Å²) in [5, 5.41) is 6.76. The Hall–Kier alpha value is -4.61. The number of ketones is 2. The number of fused-ring (bicyclic) bond motifs is 3. The Morgan fingerprint density at radius 2 is 2.04 bits per heavy atom. The van der Waals surface area contributed by atoms with Gasteiger partial charge in [0, 0.05) is 42.8 Å². The highest BCUT2D eigenvalue weighted by Gasteiger charge is 2.85. The molecule has 4 aliphatic rings. The van der Waals surface area contributed by atoms with Gasteiger partial charge < -0.3 is 31.6 Å². The van der Waals surface area contributed by atoms with Gasteiger partial charge in [-0.15, -0.1) is 0 Å². The van der Waals surface area contributed by atoms with E-state index >= 15 is 0 Å². The van der Waals surface area contributed by atoms with Crippen molar-refractivity contribution >= 4 is 29.3 Å². The van der Waals surface area contributed by atoms with Crippen LogP contribution < -0.4 is 22.1 Å². The van der Waals surface area contributed by atoms with Crippen LogP contribution in [0.15, 0.2) is 77.0 Å². The van der Waals surface area contributed by atoms with E-state index in [0.717, 1.165) is 42.5 Å². The minimum absolute atomic E-state index is 0.0128. The number of allylic oxidation sites excluding steroid dienone is 3. The highest BCUT2D eigenvalue weighted by molar-refractivity contribution is 6.33. The number of guanidine groups is 1. The second kappa shape index (κ2) is 15.2. The monoisotopic (exact) mass is 708 g/mol. The second-order valence-corrected chi connectivity index (χ2v) is 15.0. The molecule has 1 aliphatic heterocycles. The number of nitrogens with two attached hydrogens (primary N) is 2. The summed E-state index contributed by atoms with van der Waals surface area (Å²) < 4.78 is 12.4. The average molecular weight is 709 g/mol. The predicted molar refractivity (Wildman–Crippen MR) is 202 cm³/mol. The van der Waals surface area contributed by atoms with Crippen molar-refractivity contribution in [1.29, 1.82) is 0 Å². The fourth-order valence-corrected chi connectivity index (χ4v) is 8.25. The first-order valence-corrected chi connectivity index (χ1v) is 18.5. The molecule has 0 bridgehead atoms. The Kier molecular flexibility index (Phi) is 10.8. The summed E-state index contributed by atoms with van der Waals surface area (Å²) >= 11 is 0. The summed E-state index contributed by atoms with van der Waals surface area (Å²) in [4.78, 5) is 51.8. The molecule has 2 heterocycles. The van der Waals surface area contributed by atoms with Crippen LogP contribution >= 0.6 is 0 Å². The zero-order valence-corrected chi connectivity index (χ0v) is 30.9. The van der Waals surface area contributed by atoms with E-state index in [-0.39, 0.29) is 59.8 Å². The van der Waals surface area contributed by atoms with Crippen LogP contribution in [-0.4, -0.2) is 65.9 Å². The summed E-state index contributed by atoms with van der Waals surface area (Å²) in [6, 6.07) is 8.64. The van der Waals surface area contributed by atoms with E-state index < -0.39 is 23.0 Å². The van der Waals surface area contributed by atoms with Crippen LogP contribution in [0.3, 0.4) is 0 Å². The van der Waals surface area contributed by atoms with Crippen molar-refractivity contribution in [3.05, 3.63) is 94.2 Å². The largest absolute Gasteiger partial charge is 0.463 e. The number of aromatic nitrogens is 1. The van der Waals surface area contributed by atoms with Crippen LogP contribution in [0.4, 0.5) is 5.82 Å². The third-order valence-electron chi connectivity index (χ3n) is 10.9. The van der Waals surface area contributed by atoms with E-state index in [1.807, 2.05) is 25.1 Å².